The van der Waals surface area contributed by atoms with Crippen LogP contribution in [0.2, 0.25) is 0 Å². The number of nitrogens with zero attached hydrogens (tertiary/aromatic N) is 2. The van der Waals surface area contributed by atoms with E-state index in [1.165, 1.54) is 18.2 Å². The van der Waals surface area contributed by atoms with Crippen molar-refractivity contribution in [2.24, 2.45) is 5.73 Å². The van der Waals surface area contributed by atoms with Gasteiger partial charge in [0.2, 0.25) is 0 Å². The van der Waals surface area contributed by atoms with Crippen molar-refractivity contribution < 1.29 is 4.39 Å². The Hall–Kier alpha value is -1.99. The molecule has 0 aromatic carbocycles. The van der Waals surface area contributed by atoms with E-state index in [0.29, 0.717) is 6.54 Å². The number of aryl methyl sites for hydroxylation is 2. The molecule has 0 aliphatic heterocycles. The minimum atomic E-state index is -0.250. The van der Waals surface area contributed by atoms with E-state index < -0.39 is 0 Å². The first-order valence-corrected chi connectivity index (χ1v) is 11.9. The summed E-state index contributed by atoms with van der Waals surface area (Å²) in [6, 6.07) is 2.07. The standard InChI is InChI=1S/C15H19N5S.C2H5F.3C2H6/c1-9-7-12(18-8-13-17-5-6-21-13)15-14(19-9)10(2)11(20-15)3-4-16;1-2-3;3*1-2/h5-7,20H,3-4,8,16H2,1-2H3,(H,18,19);2H2,1H3;3*1-2H3. The average molecular weight is 440 g/mol. The molecule has 0 aliphatic rings. The Labute approximate surface area is 186 Å². The van der Waals surface area contributed by atoms with E-state index in [4.69, 9.17) is 5.73 Å². The zero-order valence-electron chi connectivity index (χ0n) is 20.3. The van der Waals surface area contributed by atoms with Crippen molar-refractivity contribution in [3.8, 4) is 0 Å². The molecule has 3 aromatic heterocycles. The van der Waals surface area contributed by atoms with E-state index in [1.54, 1.807) is 11.3 Å². The van der Waals surface area contributed by atoms with Gasteiger partial charge in [0, 0.05) is 29.4 Å². The molecule has 5 nitrogen and oxygen atoms in total. The number of thiazole rings is 1. The van der Waals surface area contributed by atoms with Crippen molar-refractivity contribution in [3.05, 3.63) is 39.6 Å². The number of aromatic amines is 1. The first kappa shape index (κ1) is 30.2. The summed E-state index contributed by atoms with van der Waals surface area (Å²) in [5.41, 5.74) is 12.2. The summed E-state index contributed by atoms with van der Waals surface area (Å²) in [5, 5.41) is 6.52. The third-order valence-corrected chi connectivity index (χ3v) is 4.32. The van der Waals surface area contributed by atoms with Crippen LogP contribution < -0.4 is 11.1 Å². The lowest BCUT2D eigenvalue weighted by atomic mass is 10.2. The summed E-state index contributed by atoms with van der Waals surface area (Å²) in [5.74, 6) is 0. The molecule has 0 unspecified atom stereocenters. The zero-order chi connectivity index (χ0) is 23.5. The van der Waals surface area contributed by atoms with Gasteiger partial charge in [-0.1, -0.05) is 41.5 Å². The number of nitrogens with one attached hydrogen (secondary N) is 2. The van der Waals surface area contributed by atoms with Gasteiger partial charge in [0.1, 0.15) is 5.01 Å². The van der Waals surface area contributed by atoms with E-state index in [9.17, 15) is 4.39 Å². The van der Waals surface area contributed by atoms with Gasteiger partial charge < -0.3 is 16.0 Å². The van der Waals surface area contributed by atoms with E-state index in [-0.39, 0.29) is 6.67 Å². The third-order valence-electron chi connectivity index (χ3n) is 3.54. The summed E-state index contributed by atoms with van der Waals surface area (Å²) in [7, 11) is 0. The van der Waals surface area contributed by atoms with Gasteiger partial charge in [0.05, 0.1) is 29.9 Å². The highest BCUT2D eigenvalue weighted by atomic mass is 32.1. The fraction of sp³-hybridized carbons (Fsp3) is 0.565. The highest BCUT2D eigenvalue weighted by Gasteiger charge is 2.13. The number of hydrogen-bond donors (Lipinski definition) is 3. The molecular formula is C23H42FN5S. The molecule has 0 fully saturated rings. The second-order valence-electron chi connectivity index (χ2n) is 5.35. The van der Waals surface area contributed by atoms with Crippen LogP contribution in [0.5, 0.6) is 0 Å². The average Bonchev–Trinajstić information content (AvgIpc) is 3.41. The topological polar surface area (TPSA) is 79.6 Å². The number of anilines is 1. The maximum atomic E-state index is 10.3. The van der Waals surface area contributed by atoms with Crippen LogP contribution in [-0.4, -0.2) is 28.2 Å². The van der Waals surface area contributed by atoms with Gasteiger partial charge >= 0.3 is 0 Å². The summed E-state index contributed by atoms with van der Waals surface area (Å²) in [4.78, 5) is 12.4. The summed E-state index contributed by atoms with van der Waals surface area (Å²) >= 11 is 1.65. The largest absolute Gasteiger partial charge is 0.377 e. The van der Waals surface area contributed by atoms with Crippen LogP contribution in [0.25, 0.3) is 11.0 Å². The summed E-state index contributed by atoms with van der Waals surface area (Å²) < 4.78 is 10.3. The predicted molar refractivity (Wildman–Crippen MR) is 133 cm³/mol. The number of hydrogen-bond acceptors (Lipinski definition) is 5. The van der Waals surface area contributed by atoms with Crippen LogP contribution in [0.15, 0.2) is 17.6 Å². The highest BCUT2D eigenvalue weighted by Crippen LogP contribution is 2.28. The predicted octanol–water partition coefficient (Wildman–Crippen LogP) is 6.80. The lowest BCUT2D eigenvalue weighted by molar-refractivity contribution is 0.527. The van der Waals surface area contributed by atoms with Crippen LogP contribution in [0.3, 0.4) is 0 Å². The first-order valence-electron chi connectivity index (χ1n) is 11.0. The molecule has 4 N–H and O–H groups in total. The van der Waals surface area contributed by atoms with E-state index >= 15 is 0 Å². The van der Waals surface area contributed by atoms with Gasteiger partial charge in [-0.3, -0.25) is 9.37 Å². The monoisotopic (exact) mass is 439 g/mol. The highest BCUT2D eigenvalue weighted by molar-refractivity contribution is 7.09. The fourth-order valence-corrected chi connectivity index (χ4v) is 3.06. The SMILES string of the molecule is CC.CC.CC.CCF.Cc1cc(NCc2nccs2)c2[nH]c(CCN)c(C)c2n1. The van der Waals surface area contributed by atoms with Crippen molar-refractivity contribution in [2.75, 3.05) is 18.5 Å². The lowest BCUT2D eigenvalue weighted by Crippen LogP contribution is -2.03. The van der Waals surface area contributed by atoms with Crippen LogP contribution in [-0.2, 0) is 13.0 Å². The quantitative estimate of drug-likeness (QED) is 0.408. The molecule has 0 saturated carbocycles. The molecule has 0 amide bonds. The van der Waals surface area contributed by atoms with Gasteiger partial charge in [0.15, 0.2) is 0 Å². The molecule has 3 rings (SSSR count). The normalized spacial score (nSPS) is 9.03. The zero-order valence-corrected chi connectivity index (χ0v) is 21.1. The molecule has 0 bridgehead atoms. The van der Waals surface area contributed by atoms with E-state index in [0.717, 1.165) is 40.4 Å². The Morgan fingerprint density at radius 2 is 1.73 bits per heavy atom. The van der Waals surface area contributed by atoms with Gasteiger partial charge in [-0.05, 0) is 38.9 Å². The van der Waals surface area contributed by atoms with Gasteiger partial charge in [0.25, 0.3) is 0 Å². The Balaban J connectivity index is 0. The van der Waals surface area contributed by atoms with Crippen molar-refractivity contribution in [1.29, 1.82) is 0 Å². The molecule has 0 saturated heterocycles. The molecule has 3 aromatic rings. The lowest BCUT2D eigenvalue weighted by Gasteiger charge is -2.07. The summed E-state index contributed by atoms with van der Waals surface area (Å²) in [6.07, 6.45) is 2.67. The van der Waals surface area contributed by atoms with E-state index in [1.807, 2.05) is 60.0 Å². The minimum Gasteiger partial charge on any atom is -0.377 e. The molecular weight excluding hydrogens is 397 g/mol. The fourth-order valence-electron chi connectivity index (χ4n) is 2.50. The molecule has 3 heterocycles. The number of pyridine rings is 1. The Bertz CT molecular complexity index is 770. The number of aromatic nitrogens is 3. The van der Waals surface area contributed by atoms with Crippen LogP contribution in [0.4, 0.5) is 10.1 Å². The Morgan fingerprint density at radius 3 is 2.23 bits per heavy atom. The number of halogens is 1. The number of rotatable bonds is 5. The second kappa shape index (κ2) is 19.0. The molecule has 0 radical (unpaired) electrons. The number of fused-ring (bicyclic) bond motifs is 1. The number of alkyl halides is 1. The minimum absolute atomic E-state index is 0.250. The van der Waals surface area contributed by atoms with Crippen molar-refractivity contribution in [2.45, 2.75) is 75.3 Å². The maximum absolute atomic E-state index is 10.3. The number of H-pyrrole nitrogens is 1. The molecule has 0 atom stereocenters. The Morgan fingerprint density at radius 1 is 1.13 bits per heavy atom. The second-order valence-corrected chi connectivity index (χ2v) is 6.33. The molecule has 0 spiro atoms. The van der Waals surface area contributed by atoms with Crippen molar-refractivity contribution in [1.82, 2.24) is 15.0 Å². The van der Waals surface area contributed by atoms with Crippen molar-refractivity contribution >= 4 is 28.1 Å². The molecule has 0 aliphatic carbocycles. The van der Waals surface area contributed by atoms with E-state index in [2.05, 4.69) is 33.3 Å². The molecule has 172 valence electrons. The van der Waals surface area contributed by atoms with Crippen LogP contribution in [0, 0.1) is 13.8 Å². The van der Waals surface area contributed by atoms with Crippen molar-refractivity contribution in [3.63, 3.8) is 0 Å². The maximum Gasteiger partial charge on any atom is 0.112 e. The van der Waals surface area contributed by atoms with Gasteiger partial charge in [-0.2, -0.15) is 0 Å². The van der Waals surface area contributed by atoms with Gasteiger partial charge in [-0.15, -0.1) is 11.3 Å². The van der Waals surface area contributed by atoms with Crippen LogP contribution in [0.1, 0.15) is 70.4 Å². The van der Waals surface area contributed by atoms with Crippen LogP contribution >= 0.6 is 11.3 Å². The molecule has 7 heteroatoms. The summed E-state index contributed by atoms with van der Waals surface area (Å²) in [6.45, 7) is 18.7. The number of nitrogens with two attached hydrogens (primary N) is 1. The smallest absolute Gasteiger partial charge is 0.112 e. The first-order chi connectivity index (χ1) is 14.6. The van der Waals surface area contributed by atoms with Gasteiger partial charge in [-0.25, -0.2) is 4.98 Å². The third kappa shape index (κ3) is 9.67. The molecule has 30 heavy (non-hydrogen) atoms. The Kier molecular flexibility index (Phi) is 19.1.